The first-order valence-electron chi connectivity index (χ1n) is 9.59. The van der Waals surface area contributed by atoms with Crippen LogP contribution in [-0.4, -0.2) is 59.4 Å². The monoisotopic (exact) mass is 342 g/mol. The largest absolute Gasteiger partial charge is 0.335 e. The molecular weight excluding hydrogens is 314 g/mol. The van der Waals surface area contributed by atoms with E-state index in [-0.39, 0.29) is 23.9 Å². The van der Waals surface area contributed by atoms with Crippen molar-refractivity contribution < 1.29 is 9.59 Å². The maximum atomic E-state index is 13.0. The van der Waals surface area contributed by atoms with Gasteiger partial charge in [0.15, 0.2) is 0 Å². The Morgan fingerprint density at radius 2 is 2.12 bits per heavy atom. The summed E-state index contributed by atoms with van der Waals surface area (Å²) in [4.78, 5) is 28.9. The first-order chi connectivity index (χ1) is 12.1. The van der Waals surface area contributed by atoms with E-state index in [4.69, 9.17) is 0 Å². The molecule has 2 aliphatic carbocycles. The van der Waals surface area contributed by atoms with E-state index in [0.29, 0.717) is 31.0 Å². The molecule has 4 unspecified atom stereocenters. The van der Waals surface area contributed by atoms with Gasteiger partial charge in [-0.3, -0.25) is 9.59 Å². The molecule has 0 aromatic rings. The summed E-state index contributed by atoms with van der Waals surface area (Å²) in [7, 11) is 0. The summed E-state index contributed by atoms with van der Waals surface area (Å²) in [5, 5.41) is 3.70. The van der Waals surface area contributed by atoms with E-state index in [1.165, 1.54) is 11.6 Å². The lowest BCUT2D eigenvalue weighted by Gasteiger charge is -2.48. The smallest absolute Gasteiger partial charge is 0.246 e. The second-order valence-electron chi connectivity index (χ2n) is 7.90. The zero-order valence-corrected chi connectivity index (χ0v) is 15.0. The Morgan fingerprint density at radius 1 is 1.36 bits per heavy atom. The molecule has 2 aliphatic heterocycles. The highest BCUT2D eigenvalue weighted by Gasteiger charge is 2.48. The minimum atomic E-state index is -0.0107. The molecule has 1 radical (unpaired) electrons. The number of hydrogen-bond donors (Lipinski definition) is 1. The van der Waals surface area contributed by atoms with Gasteiger partial charge in [-0.15, -0.1) is 0 Å². The first kappa shape index (κ1) is 16.8. The molecule has 1 N–H and O–H groups in total. The molecule has 25 heavy (non-hydrogen) atoms. The Morgan fingerprint density at radius 3 is 2.68 bits per heavy atom. The van der Waals surface area contributed by atoms with E-state index in [9.17, 15) is 9.59 Å². The van der Waals surface area contributed by atoms with Crippen LogP contribution in [0.1, 0.15) is 32.6 Å². The highest BCUT2D eigenvalue weighted by molar-refractivity contribution is 5.87. The third-order valence-electron chi connectivity index (χ3n) is 6.02. The van der Waals surface area contributed by atoms with Gasteiger partial charge in [0.1, 0.15) is 0 Å². The number of hydrogen-bond acceptors (Lipinski definition) is 3. The molecule has 0 aromatic carbocycles. The van der Waals surface area contributed by atoms with E-state index >= 15 is 0 Å². The first-order valence-corrected chi connectivity index (χ1v) is 9.59. The molecule has 3 fully saturated rings. The fourth-order valence-electron chi connectivity index (χ4n) is 4.31. The van der Waals surface area contributed by atoms with E-state index in [0.717, 1.165) is 32.2 Å². The summed E-state index contributed by atoms with van der Waals surface area (Å²) < 4.78 is 0. The predicted octanol–water partition coefficient (Wildman–Crippen LogP) is 1.52. The lowest BCUT2D eigenvalue weighted by Crippen LogP contribution is -2.65. The lowest BCUT2D eigenvalue weighted by atomic mass is 9.86. The van der Waals surface area contributed by atoms with Crippen molar-refractivity contribution in [1.29, 1.82) is 0 Å². The van der Waals surface area contributed by atoms with E-state index in [2.05, 4.69) is 36.2 Å². The van der Waals surface area contributed by atoms with Crippen LogP contribution in [0, 0.1) is 18.3 Å². The number of nitrogens with one attached hydrogen (secondary N) is 1. The topological polar surface area (TPSA) is 52.7 Å². The van der Waals surface area contributed by atoms with Crippen LogP contribution in [0.4, 0.5) is 0 Å². The van der Waals surface area contributed by atoms with Gasteiger partial charge >= 0.3 is 0 Å². The Balaban J connectivity index is 1.59. The van der Waals surface area contributed by atoms with Gasteiger partial charge in [0.05, 0.1) is 6.04 Å². The quantitative estimate of drug-likeness (QED) is 0.623. The molecule has 5 heteroatoms. The molecule has 4 aliphatic rings. The van der Waals surface area contributed by atoms with Crippen molar-refractivity contribution in [1.82, 2.24) is 15.1 Å². The van der Waals surface area contributed by atoms with E-state index in [1.807, 2.05) is 4.90 Å². The molecule has 2 saturated carbocycles. The van der Waals surface area contributed by atoms with Crippen LogP contribution in [0.2, 0.25) is 0 Å². The molecule has 0 aromatic heterocycles. The fraction of sp³-hybridized carbons (Fsp3) is 0.650. The Kier molecular flexibility index (Phi) is 4.44. The second-order valence-corrected chi connectivity index (χ2v) is 7.90. The van der Waals surface area contributed by atoms with Gasteiger partial charge in [-0.2, -0.15) is 0 Å². The minimum Gasteiger partial charge on any atom is -0.335 e. The summed E-state index contributed by atoms with van der Waals surface area (Å²) in [5.41, 5.74) is 1.33. The molecular formula is C20H28N3O2. The van der Waals surface area contributed by atoms with Crippen molar-refractivity contribution in [3.8, 4) is 0 Å². The predicted molar refractivity (Wildman–Crippen MR) is 96.5 cm³/mol. The summed E-state index contributed by atoms with van der Waals surface area (Å²) >= 11 is 0. The maximum Gasteiger partial charge on any atom is 0.246 e. The van der Waals surface area contributed by atoms with Crippen molar-refractivity contribution in [3.05, 3.63) is 30.7 Å². The number of amides is 2. The van der Waals surface area contributed by atoms with E-state index < -0.39 is 0 Å². The summed E-state index contributed by atoms with van der Waals surface area (Å²) in [6, 6.07) is 0.690. The molecule has 1 saturated heterocycles. The van der Waals surface area contributed by atoms with E-state index in [1.54, 1.807) is 0 Å². The van der Waals surface area contributed by atoms with Crippen LogP contribution >= 0.6 is 0 Å². The normalized spacial score (nSPS) is 33.0. The van der Waals surface area contributed by atoms with Crippen molar-refractivity contribution in [2.45, 2.75) is 50.7 Å². The molecule has 135 valence electrons. The molecule has 4 rings (SSSR count). The van der Waals surface area contributed by atoms with Crippen LogP contribution in [0.25, 0.3) is 0 Å². The zero-order chi connectivity index (χ0) is 17.6. The van der Waals surface area contributed by atoms with Crippen LogP contribution in [0.5, 0.6) is 0 Å². The molecule has 2 heterocycles. The fourth-order valence-corrected chi connectivity index (χ4v) is 4.31. The summed E-state index contributed by atoms with van der Waals surface area (Å²) in [6.45, 7) is 7.95. The molecule has 4 atom stereocenters. The molecule has 0 bridgehead atoms. The number of carbonyl (C=O) groups excluding carboxylic acids is 2. The van der Waals surface area contributed by atoms with Crippen LogP contribution in [0.3, 0.4) is 0 Å². The zero-order valence-electron chi connectivity index (χ0n) is 15.0. The average Bonchev–Trinajstić information content (AvgIpc) is 3.52. The molecule has 5 nitrogen and oxygen atoms in total. The minimum absolute atomic E-state index is 0.0107. The van der Waals surface area contributed by atoms with Gasteiger partial charge in [-0.25, -0.2) is 0 Å². The van der Waals surface area contributed by atoms with Crippen molar-refractivity contribution in [2.75, 3.05) is 19.6 Å². The Hall–Kier alpha value is -1.62. The van der Waals surface area contributed by atoms with Gasteiger partial charge in [0.2, 0.25) is 11.8 Å². The van der Waals surface area contributed by atoms with Crippen molar-refractivity contribution in [2.24, 2.45) is 11.8 Å². The van der Waals surface area contributed by atoms with Crippen LogP contribution in [0.15, 0.2) is 24.3 Å². The number of rotatable bonds is 4. The Bertz CT molecular complexity index is 606. The number of piperazine rings is 1. The average molecular weight is 342 g/mol. The maximum absolute atomic E-state index is 13.0. The summed E-state index contributed by atoms with van der Waals surface area (Å²) in [6.07, 6.45) is 9.98. The van der Waals surface area contributed by atoms with Gasteiger partial charge in [-0.1, -0.05) is 12.7 Å². The van der Waals surface area contributed by atoms with Crippen LogP contribution < -0.4 is 5.32 Å². The number of nitrogens with zero attached hydrogens (tertiary/aromatic N) is 2. The van der Waals surface area contributed by atoms with Gasteiger partial charge in [0.25, 0.3) is 0 Å². The van der Waals surface area contributed by atoms with Crippen molar-refractivity contribution in [3.63, 3.8) is 0 Å². The van der Waals surface area contributed by atoms with Gasteiger partial charge in [-0.05, 0) is 56.6 Å². The van der Waals surface area contributed by atoms with Gasteiger partial charge < -0.3 is 15.1 Å². The van der Waals surface area contributed by atoms with Crippen LogP contribution in [-0.2, 0) is 9.59 Å². The number of carbonyl (C=O) groups is 2. The standard InChI is InChI=1S/C20H28N3O2/c1-3-17(24)22-10-8-15(9-11-22)19-18(14-4-5-14)21-12-13(2)23(19)20(25)16-6-7-16/h3-4,8,13-14,16,18-19,21H,1,5-7,9-12H2,2H3. The summed E-state index contributed by atoms with van der Waals surface area (Å²) in [5.74, 6) is 1.15. The highest BCUT2D eigenvalue weighted by Crippen LogP contribution is 2.41. The third-order valence-corrected chi connectivity index (χ3v) is 6.02. The molecule has 2 amide bonds. The molecule has 0 spiro atoms. The lowest BCUT2D eigenvalue weighted by molar-refractivity contribution is -0.139. The Labute approximate surface area is 150 Å². The SMILES string of the molecule is C=CC(=O)N1CC=C(C2C(C3[CH]C3)NCC(C)N2C(=O)C2CC2)CC1. The third kappa shape index (κ3) is 3.26. The second kappa shape index (κ2) is 6.60. The highest BCUT2D eigenvalue weighted by atomic mass is 16.2. The van der Waals surface area contributed by atoms with Gasteiger partial charge in [0, 0.05) is 37.6 Å². The van der Waals surface area contributed by atoms with Crippen molar-refractivity contribution >= 4 is 11.8 Å².